The summed E-state index contributed by atoms with van der Waals surface area (Å²) < 4.78 is 18.3. The maximum Gasteiger partial charge on any atom is 0.338 e. The lowest BCUT2D eigenvalue weighted by Crippen LogP contribution is -2.53. The van der Waals surface area contributed by atoms with Gasteiger partial charge in [-0.3, -0.25) is 14.3 Å². The van der Waals surface area contributed by atoms with Crippen LogP contribution in [-0.2, 0) is 14.2 Å². The number of rotatable bonds is 5. The molecule has 9 heteroatoms. The highest BCUT2D eigenvalue weighted by Gasteiger charge is 2.80. The molecular weight excluding hydrogens is 380 g/mol. The largest absolute Gasteiger partial charge is 0.459 e. The number of aromatic nitrogens is 2. The molecule has 2 fully saturated rings. The van der Waals surface area contributed by atoms with Crippen LogP contribution in [0.1, 0.15) is 36.0 Å². The van der Waals surface area contributed by atoms with E-state index < -0.39 is 40.9 Å². The van der Waals surface area contributed by atoms with E-state index in [1.807, 2.05) is 0 Å². The number of nitrogens with one attached hydrogen (secondary N) is 1. The first-order chi connectivity index (χ1) is 13.7. The maximum atomic E-state index is 12.4. The Balaban J connectivity index is 1.63. The summed E-state index contributed by atoms with van der Waals surface area (Å²) in [6, 6.07) is 8.46. The smallest absolute Gasteiger partial charge is 0.338 e. The van der Waals surface area contributed by atoms with Gasteiger partial charge >= 0.3 is 11.7 Å². The highest BCUT2D eigenvalue weighted by atomic mass is 16.8. The lowest BCUT2D eigenvalue weighted by atomic mass is 9.85. The first-order valence-corrected chi connectivity index (χ1v) is 9.32. The Labute approximate surface area is 165 Å². The van der Waals surface area contributed by atoms with Crippen LogP contribution in [0.15, 0.2) is 46.1 Å². The predicted octanol–water partition coefficient (Wildman–Crippen LogP) is 0.713. The zero-order valence-electron chi connectivity index (χ0n) is 16.2. The molecular formula is C20H22N2O7. The van der Waals surface area contributed by atoms with E-state index in [1.54, 1.807) is 51.1 Å². The molecule has 2 aliphatic rings. The molecule has 4 atom stereocenters. The summed E-state index contributed by atoms with van der Waals surface area (Å²) >= 11 is 0. The van der Waals surface area contributed by atoms with Gasteiger partial charge in [-0.25, -0.2) is 9.59 Å². The number of aliphatic hydroxyl groups is 1. The van der Waals surface area contributed by atoms with E-state index in [9.17, 15) is 19.5 Å². The van der Waals surface area contributed by atoms with Gasteiger partial charge in [0.2, 0.25) is 5.79 Å². The molecule has 154 valence electrons. The van der Waals surface area contributed by atoms with Crippen molar-refractivity contribution >= 4 is 5.97 Å². The summed E-state index contributed by atoms with van der Waals surface area (Å²) in [5, 5.41) is 11.1. The average Bonchev–Trinajstić information content (AvgIpc) is 3.31. The van der Waals surface area contributed by atoms with E-state index in [1.165, 1.54) is 10.8 Å². The van der Waals surface area contributed by atoms with Crippen LogP contribution < -0.4 is 11.2 Å². The molecule has 1 aromatic carbocycles. The van der Waals surface area contributed by atoms with Gasteiger partial charge in [0.1, 0.15) is 6.61 Å². The SMILES string of the molecule is Cc1cn([C@@H]2O[C@@](COC(=O)c3ccccc3)(C(C)C)[C@]3(O)O[C@@H]23)c(=O)[nH]c1=O. The Kier molecular flexibility index (Phi) is 4.49. The number of fused-ring (bicyclic) bond motifs is 1. The monoisotopic (exact) mass is 402 g/mol. The minimum absolute atomic E-state index is 0.265. The lowest BCUT2D eigenvalue weighted by Gasteiger charge is -2.37. The van der Waals surface area contributed by atoms with Gasteiger partial charge in [-0.1, -0.05) is 32.0 Å². The Morgan fingerprint density at radius 3 is 2.62 bits per heavy atom. The number of carbonyl (C=O) groups is 1. The molecule has 0 unspecified atom stereocenters. The van der Waals surface area contributed by atoms with Crippen molar-refractivity contribution in [3.05, 3.63) is 68.5 Å². The van der Waals surface area contributed by atoms with Crippen molar-refractivity contribution in [3.63, 3.8) is 0 Å². The zero-order valence-corrected chi connectivity index (χ0v) is 16.2. The second-order valence-corrected chi connectivity index (χ2v) is 7.71. The van der Waals surface area contributed by atoms with Crippen molar-refractivity contribution in [1.29, 1.82) is 0 Å². The van der Waals surface area contributed by atoms with Gasteiger partial charge in [-0.2, -0.15) is 0 Å². The molecule has 2 aliphatic heterocycles. The van der Waals surface area contributed by atoms with E-state index in [0.717, 1.165) is 0 Å². The minimum atomic E-state index is -1.72. The van der Waals surface area contributed by atoms with Crippen LogP contribution in [0.25, 0.3) is 0 Å². The van der Waals surface area contributed by atoms with E-state index in [4.69, 9.17) is 14.2 Å². The van der Waals surface area contributed by atoms with E-state index in [2.05, 4.69) is 4.98 Å². The van der Waals surface area contributed by atoms with Crippen LogP contribution in [-0.4, -0.2) is 44.7 Å². The number of hydrogen-bond donors (Lipinski definition) is 2. The third-order valence-electron chi connectivity index (χ3n) is 5.61. The molecule has 2 saturated heterocycles. The van der Waals surface area contributed by atoms with Gasteiger partial charge in [-0.15, -0.1) is 0 Å². The van der Waals surface area contributed by atoms with Crippen molar-refractivity contribution in [2.75, 3.05) is 6.61 Å². The van der Waals surface area contributed by atoms with Crippen LogP contribution in [0.3, 0.4) is 0 Å². The summed E-state index contributed by atoms with van der Waals surface area (Å²) in [4.78, 5) is 38.5. The quantitative estimate of drug-likeness (QED) is 0.558. The number of benzene rings is 1. The van der Waals surface area contributed by atoms with Gasteiger partial charge in [0.25, 0.3) is 5.56 Å². The van der Waals surface area contributed by atoms with E-state index in [-0.39, 0.29) is 12.5 Å². The topological polar surface area (TPSA) is 123 Å². The standard InChI is InChI=1S/C20H22N2O7/c1-11(2)19(10-27-17(24)13-7-5-4-6-8-13)20(26)14(28-20)16(29-19)22-9-12(3)15(23)21-18(22)25/h4-9,11,14,16,26H,10H2,1-3H3,(H,21,23,25)/t14-,16+,19-,20+/m0/s1. The first kappa shape index (κ1) is 19.6. The van der Waals surface area contributed by atoms with Crippen molar-refractivity contribution < 1.29 is 24.1 Å². The molecule has 0 spiro atoms. The normalized spacial score (nSPS) is 30.2. The van der Waals surface area contributed by atoms with Gasteiger partial charge in [0.15, 0.2) is 17.9 Å². The number of H-pyrrole nitrogens is 1. The van der Waals surface area contributed by atoms with Crippen LogP contribution in [0, 0.1) is 12.8 Å². The summed E-state index contributed by atoms with van der Waals surface area (Å²) in [7, 11) is 0. The predicted molar refractivity (Wildman–Crippen MR) is 100 cm³/mol. The second-order valence-electron chi connectivity index (χ2n) is 7.71. The van der Waals surface area contributed by atoms with Crippen molar-refractivity contribution in [3.8, 4) is 0 Å². The number of epoxide rings is 1. The molecule has 2 aromatic rings. The number of esters is 1. The van der Waals surface area contributed by atoms with Gasteiger partial charge < -0.3 is 19.3 Å². The second kappa shape index (κ2) is 6.65. The fourth-order valence-electron chi connectivity index (χ4n) is 3.78. The summed E-state index contributed by atoms with van der Waals surface area (Å²) in [5.74, 6) is -2.59. The van der Waals surface area contributed by atoms with Gasteiger partial charge in [0, 0.05) is 11.8 Å². The Hall–Kier alpha value is -2.75. The summed E-state index contributed by atoms with van der Waals surface area (Å²) in [6.45, 7) is 4.90. The highest BCUT2D eigenvalue weighted by Crippen LogP contribution is 2.60. The highest BCUT2D eigenvalue weighted by molar-refractivity contribution is 5.89. The van der Waals surface area contributed by atoms with Gasteiger partial charge in [0.05, 0.1) is 5.56 Å². The van der Waals surface area contributed by atoms with Crippen molar-refractivity contribution in [2.45, 2.75) is 44.5 Å². The fraction of sp³-hybridized carbons (Fsp3) is 0.450. The fourth-order valence-corrected chi connectivity index (χ4v) is 3.78. The molecule has 3 heterocycles. The molecule has 1 aromatic heterocycles. The van der Waals surface area contributed by atoms with Crippen LogP contribution >= 0.6 is 0 Å². The zero-order chi connectivity index (χ0) is 21.0. The van der Waals surface area contributed by atoms with Crippen molar-refractivity contribution in [2.24, 2.45) is 5.92 Å². The molecule has 0 bridgehead atoms. The number of ether oxygens (including phenoxy) is 3. The third-order valence-corrected chi connectivity index (χ3v) is 5.61. The molecule has 2 N–H and O–H groups in total. The molecule has 4 rings (SSSR count). The molecule has 29 heavy (non-hydrogen) atoms. The molecule has 9 nitrogen and oxygen atoms in total. The molecule has 0 amide bonds. The molecule has 0 aliphatic carbocycles. The average molecular weight is 402 g/mol. The van der Waals surface area contributed by atoms with Gasteiger partial charge in [-0.05, 0) is 25.0 Å². The number of aryl methyl sites for hydroxylation is 1. The lowest BCUT2D eigenvalue weighted by molar-refractivity contribution is -0.236. The number of nitrogens with zero attached hydrogens (tertiary/aromatic N) is 1. The Bertz CT molecular complexity index is 1060. The number of hydrogen-bond acceptors (Lipinski definition) is 7. The van der Waals surface area contributed by atoms with Crippen LogP contribution in [0.4, 0.5) is 0 Å². The van der Waals surface area contributed by atoms with Crippen LogP contribution in [0.5, 0.6) is 0 Å². The summed E-state index contributed by atoms with van der Waals surface area (Å²) in [5.41, 5.74) is -1.87. The first-order valence-electron chi connectivity index (χ1n) is 9.32. The number of carbonyl (C=O) groups excluding carboxylic acids is 1. The summed E-state index contributed by atoms with van der Waals surface area (Å²) in [6.07, 6.45) is -0.440. The number of aromatic amines is 1. The molecule has 0 saturated carbocycles. The Morgan fingerprint density at radius 1 is 1.28 bits per heavy atom. The Morgan fingerprint density at radius 2 is 1.97 bits per heavy atom. The molecule has 0 radical (unpaired) electrons. The third kappa shape index (κ3) is 2.93. The van der Waals surface area contributed by atoms with E-state index >= 15 is 0 Å². The van der Waals surface area contributed by atoms with E-state index in [0.29, 0.717) is 11.1 Å². The van der Waals surface area contributed by atoms with Crippen molar-refractivity contribution in [1.82, 2.24) is 9.55 Å². The maximum absolute atomic E-state index is 12.4. The minimum Gasteiger partial charge on any atom is -0.459 e. The van der Waals surface area contributed by atoms with Crippen LogP contribution in [0.2, 0.25) is 0 Å².